The largest absolute Gasteiger partial charge is 1.00 e. The molecule has 2 rings (SSSR count). The van der Waals surface area contributed by atoms with Crippen LogP contribution < -0.4 is 67.9 Å². The molecular weight excluding hydrogens is 1770 g/mol. The monoisotopic (exact) mass is 1900 g/mol. The van der Waals surface area contributed by atoms with Crippen molar-refractivity contribution in [1.82, 2.24) is 49.0 Å². The lowest BCUT2D eigenvalue weighted by Gasteiger charge is -2.43. The Kier molecular flexibility index (Phi) is 73.4. The Bertz CT molecular complexity index is 4130. The quantitative estimate of drug-likeness (QED) is 0.0477. The van der Waals surface area contributed by atoms with E-state index in [9.17, 15) is 9.13 Å². The topological polar surface area (TPSA) is 103 Å². The minimum atomic E-state index is -3.29. The summed E-state index contributed by atoms with van der Waals surface area (Å²) in [5.74, 6) is 0. The first-order valence-electron chi connectivity index (χ1n) is 38.9. The van der Waals surface area contributed by atoms with E-state index in [1.54, 1.807) is 27.7 Å². The van der Waals surface area contributed by atoms with Crippen LogP contribution >= 0.6 is 15.2 Å². The van der Waals surface area contributed by atoms with Crippen molar-refractivity contribution in [3.05, 3.63) is 208 Å². The van der Waals surface area contributed by atoms with Crippen LogP contribution in [0.3, 0.4) is 0 Å². The first-order chi connectivity index (χ1) is 53.6. The highest BCUT2D eigenvalue weighted by molar-refractivity contribution is 7.54. The average molecular weight is 1900 g/mol. The van der Waals surface area contributed by atoms with Crippen molar-refractivity contribution in [1.29, 1.82) is 0 Å². The zero-order chi connectivity index (χ0) is 84.7. The van der Waals surface area contributed by atoms with Crippen molar-refractivity contribution < 1.29 is 113 Å². The number of rotatable bonds is 42. The van der Waals surface area contributed by atoms with Crippen LogP contribution in [0.4, 0.5) is 0 Å². The van der Waals surface area contributed by atoms with Gasteiger partial charge in [-0.3, -0.25) is 52.4 Å². The van der Waals surface area contributed by atoms with E-state index in [4.69, 9.17) is 18.1 Å². The summed E-state index contributed by atoms with van der Waals surface area (Å²) < 4.78 is 50.6. The highest BCUT2D eigenvalue weighted by Crippen LogP contribution is 2.53. The molecule has 2 heterocycles. The Balaban J connectivity index is -0.000000634. The van der Waals surface area contributed by atoms with Gasteiger partial charge in [-0.05, 0) is 283 Å². The molecule has 0 radical (unpaired) electrons. The Hall–Kier alpha value is -5.90. The number of hydrogen-bond donors (Lipinski definition) is 0. The Morgan fingerprint density at radius 2 is 0.521 bits per heavy atom. The van der Waals surface area contributed by atoms with Crippen molar-refractivity contribution in [2.75, 3.05) is 283 Å². The first-order valence-corrected chi connectivity index (χ1v) is 42.3. The van der Waals surface area contributed by atoms with Gasteiger partial charge in [0, 0.05) is 96.8 Å². The van der Waals surface area contributed by atoms with E-state index < -0.39 is 15.2 Å². The van der Waals surface area contributed by atoms with E-state index in [2.05, 4.69) is 367 Å². The van der Waals surface area contributed by atoms with Gasteiger partial charge in [-0.1, -0.05) is 11.5 Å². The molecular formula is C91H136Br4N14O6P2. The molecule has 0 aromatic carbocycles. The van der Waals surface area contributed by atoms with E-state index in [1.807, 2.05) is 4.90 Å². The maximum Gasteiger partial charge on any atom is 0.344 e. The minimum Gasteiger partial charge on any atom is -1.00 e. The predicted molar refractivity (Wildman–Crippen MR) is 457 cm³/mol. The molecule has 0 spiro atoms. The molecule has 0 aliphatic carbocycles. The van der Waals surface area contributed by atoms with Crippen molar-refractivity contribution in [3.8, 4) is 0 Å². The number of allylic oxidation sites excluding steroid dienone is 2. The maximum atomic E-state index is 12.9. The van der Waals surface area contributed by atoms with Crippen molar-refractivity contribution in [2.24, 2.45) is 0 Å². The van der Waals surface area contributed by atoms with Crippen molar-refractivity contribution in [2.45, 2.75) is 86.5 Å². The molecule has 0 amide bonds. The first kappa shape index (κ1) is 120. The third kappa shape index (κ3) is 69.5. The molecule has 117 heavy (non-hydrogen) atoms. The summed E-state index contributed by atoms with van der Waals surface area (Å²) in [5.41, 5.74) is 87.0. The molecule has 644 valence electrons. The van der Waals surface area contributed by atoms with Crippen molar-refractivity contribution >= 4 is 15.2 Å². The fourth-order valence-corrected chi connectivity index (χ4v) is 14.7. The summed E-state index contributed by atoms with van der Waals surface area (Å²) in [6.45, 7) is 40.2. The van der Waals surface area contributed by atoms with Crippen LogP contribution in [0.1, 0.15) is 86.5 Å². The van der Waals surface area contributed by atoms with Gasteiger partial charge in [0.05, 0.1) is 163 Å². The fourth-order valence-electron chi connectivity index (χ4n) is 11.0. The van der Waals surface area contributed by atoms with Crippen LogP contribution in [-0.2, 0) is 27.2 Å². The molecule has 2 aliphatic rings. The minimum absolute atomic E-state index is 0. The lowest BCUT2D eigenvalue weighted by Crippen LogP contribution is -3.00. The molecule has 26 heteroatoms. The summed E-state index contributed by atoms with van der Waals surface area (Å²) in [5, 5.41) is 0. The molecule has 20 nitrogen and oxygen atoms in total. The van der Waals surface area contributed by atoms with Crippen LogP contribution in [0.5, 0.6) is 0 Å². The molecule has 2 fully saturated rings. The molecule has 0 aromatic heterocycles. The summed E-state index contributed by atoms with van der Waals surface area (Å²) >= 11 is 0. The molecule has 0 atom stereocenters. The summed E-state index contributed by atoms with van der Waals surface area (Å²) in [4.78, 5) is 24.3. The second kappa shape index (κ2) is 71.8. The van der Waals surface area contributed by atoms with Gasteiger partial charge in [-0.2, -0.15) is 0 Å². The van der Waals surface area contributed by atoms with E-state index in [0.29, 0.717) is 41.9 Å². The van der Waals surface area contributed by atoms with Gasteiger partial charge in [-0.25, -0.2) is 0 Å². The van der Waals surface area contributed by atoms with Crippen molar-refractivity contribution in [3.63, 3.8) is 0 Å². The van der Waals surface area contributed by atoms with Gasteiger partial charge in [-0.15, -0.1) is 0 Å². The second-order valence-corrected chi connectivity index (χ2v) is 34.8. The van der Waals surface area contributed by atoms with Gasteiger partial charge in [0.1, 0.15) is 12.6 Å². The third-order valence-electron chi connectivity index (χ3n) is 16.8. The van der Waals surface area contributed by atoms with Gasteiger partial charge in [0.2, 0.25) is 0 Å². The van der Waals surface area contributed by atoms with Crippen LogP contribution in [0.25, 0.3) is 0 Å². The summed E-state index contributed by atoms with van der Waals surface area (Å²) in [6, 6.07) is 0. The molecule has 2 aliphatic heterocycles. The number of nitrogens with zero attached hydrogens (tertiary/aromatic N) is 14. The van der Waals surface area contributed by atoms with Gasteiger partial charge in [0.25, 0.3) is 0 Å². The SMILES string of the molecule is C=C=C=C=C=C=C=C=C=C=C=C=C=C=C=C=C=C(C)[N+](C)(C)CCCN1CN(CCC[N+](C)(C)C)CN(CCC[N+](C)(C)C(C)=C=C=C=C=C=C=C=C=C=C=C=C=C=C=C=C=C)C1.CCOP(=O)(CN(CCC[N+](C)(C)C)CP(=O)(OCC)OCC)OCC.CN(C)CCCN1CN(CCCN(C)C)CN(CCCN(C)C)C1.[Br-].[Br-].[Br-].[Br-]. The number of hydrogen-bond acceptors (Lipinski definition) is 16. The average Bonchev–Trinajstić information content (AvgIpc) is 0.866. The van der Waals surface area contributed by atoms with Gasteiger partial charge < -0.3 is 110 Å². The highest BCUT2D eigenvalue weighted by atomic mass is 79.9. The second-order valence-electron chi connectivity index (χ2n) is 30.8. The maximum absolute atomic E-state index is 12.9. The standard InChI is InChI=1S/C57H55N6.C18H42N6.C16H39N2O6P2.4BrH/c1-12-14-16-18-20-22-24-26-28-30-32-34-36-38-40-45-56(3)62(8,9)51-43-48-59-53-58(47-42-50-61(5,6)7)54-60(55-59)49-44-52-63(10,11)57(4)46-41-39-37-35-33-31-29-27-25-23-21-19-17-15-13-2;1-19(2)10-7-13-22-16-23(14-8-11-20(3)4)18-24(17-22)15-9-12-21(5)6;1-8-21-25(19,22-9-2)15-17(13-12-14-18(5,6)7)16-26(20,23-10-3)24-11-4;;;;/h1-2,42-44,47-55H2,3-11H3;7-18H2,1-6H3;8-16H2,1-7H3;4*1H/q+3;;+1;;;;/p-4. The lowest BCUT2D eigenvalue weighted by molar-refractivity contribution is -0.870. The zero-order valence-electron chi connectivity index (χ0n) is 74.9. The molecule has 0 saturated carbocycles. The van der Waals surface area contributed by atoms with Gasteiger partial charge in [0.15, 0.2) is 11.4 Å². The third-order valence-corrected chi connectivity index (χ3v) is 20.9. The van der Waals surface area contributed by atoms with E-state index in [1.165, 1.54) is 58.5 Å². The van der Waals surface area contributed by atoms with Crippen LogP contribution in [0.15, 0.2) is 208 Å². The lowest BCUT2D eigenvalue weighted by atomic mass is 10.2. The fraction of sp³-hybridized carbons (Fsp3) is 0.604. The van der Waals surface area contributed by atoms with Crippen LogP contribution in [-0.4, -0.2) is 350 Å². The smallest absolute Gasteiger partial charge is 0.344 e. The molecule has 0 unspecified atom stereocenters. The van der Waals surface area contributed by atoms with Crippen LogP contribution in [0.2, 0.25) is 0 Å². The van der Waals surface area contributed by atoms with E-state index >= 15 is 0 Å². The predicted octanol–water partition coefficient (Wildman–Crippen LogP) is 0.320. The summed E-state index contributed by atoms with van der Waals surface area (Å²) in [7, 11) is 28.3. The van der Waals surface area contributed by atoms with E-state index in [-0.39, 0.29) is 80.5 Å². The molecule has 0 N–H and O–H groups in total. The van der Waals surface area contributed by atoms with Gasteiger partial charge >= 0.3 is 15.2 Å². The normalized spacial score (nSPS) is 12.6. The Morgan fingerprint density at radius 3 is 0.735 bits per heavy atom. The van der Waals surface area contributed by atoms with Crippen LogP contribution in [0, 0.1) is 0 Å². The summed E-state index contributed by atoms with van der Waals surface area (Å²) in [6.07, 6.45) is 7.99. The van der Waals surface area contributed by atoms with E-state index in [0.717, 1.165) is 132 Å². The Morgan fingerprint density at radius 1 is 0.316 bits per heavy atom. The zero-order valence-corrected chi connectivity index (χ0v) is 83.0. The molecule has 0 aromatic rings. The number of quaternary nitrogens is 4. The Labute approximate surface area is 749 Å². The molecule has 0 bridgehead atoms. The molecule has 2 saturated heterocycles. The number of halogens is 4. The highest BCUT2D eigenvalue weighted by Gasteiger charge is 2.34.